The van der Waals surface area contributed by atoms with Crippen LogP contribution in [0, 0.1) is 0 Å². The number of nitrogens with zero attached hydrogens (tertiary/aromatic N) is 1. The van der Waals surface area contributed by atoms with E-state index in [2.05, 4.69) is 5.43 Å². The van der Waals surface area contributed by atoms with Crippen molar-refractivity contribution in [3.63, 3.8) is 0 Å². The van der Waals surface area contributed by atoms with Crippen LogP contribution in [0.5, 0.6) is 0 Å². The van der Waals surface area contributed by atoms with E-state index in [4.69, 9.17) is 9.47 Å². The first-order valence-corrected chi connectivity index (χ1v) is 11.6. The van der Waals surface area contributed by atoms with Crippen molar-refractivity contribution in [2.24, 2.45) is 0 Å². The van der Waals surface area contributed by atoms with E-state index in [0.717, 1.165) is 17.2 Å². The highest BCUT2D eigenvalue weighted by Gasteiger charge is 2.46. The summed E-state index contributed by atoms with van der Waals surface area (Å²) in [6.07, 6.45) is -0.616. The molecule has 0 radical (unpaired) electrons. The molecule has 1 aliphatic heterocycles. The standard InChI is InChI=1S/C18H32N2O6S2/c1-8-18(27-10-9-11-28(18)24)13(21)12-20(15(23)26-17(5,6)7)19-14(22)25-16(2,3)4/h8-12H2,1-7H3,(H,19,22)/t18-,28?/m0/s1. The Labute approximate surface area is 173 Å². The van der Waals surface area contributed by atoms with Crippen LogP contribution in [0.25, 0.3) is 0 Å². The van der Waals surface area contributed by atoms with E-state index in [9.17, 15) is 18.6 Å². The van der Waals surface area contributed by atoms with Gasteiger partial charge in [0.25, 0.3) is 0 Å². The first-order chi connectivity index (χ1) is 12.7. The van der Waals surface area contributed by atoms with Crippen LogP contribution in [0.3, 0.4) is 0 Å². The van der Waals surface area contributed by atoms with Gasteiger partial charge in [0.1, 0.15) is 17.7 Å². The first-order valence-electron chi connectivity index (χ1n) is 9.26. The lowest BCUT2D eigenvalue weighted by atomic mass is 10.2. The summed E-state index contributed by atoms with van der Waals surface area (Å²) in [6, 6.07) is 0. The van der Waals surface area contributed by atoms with Crippen molar-refractivity contribution >= 4 is 40.5 Å². The Bertz CT molecular complexity index is 627. The largest absolute Gasteiger partial charge is 0.443 e. The predicted molar refractivity (Wildman–Crippen MR) is 110 cm³/mol. The minimum Gasteiger partial charge on any atom is -0.443 e. The Hall–Kier alpha value is -1.29. The number of thioether (sulfide) groups is 1. The van der Waals surface area contributed by atoms with E-state index < -0.39 is 44.8 Å². The van der Waals surface area contributed by atoms with Crippen molar-refractivity contribution < 1.29 is 28.1 Å². The second kappa shape index (κ2) is 9.47. The zero-order chi connectivity index (χ0) is 21.8. The summed E-state index contributed by atoms with van der Waals surface area (Å²) in [5.41, 5.74) is 0.691. The van der Waals surface area contributed by atoms with Crippen molar-refractivity contribution in [3.8, 4) is 0 Å². The average molecular weight is 437 g/mol. The van der Waals surface area contributed by atoms with Gasteiger partial charge in [0.15, 0.2) is 9.86 Å². The molecule has 0 saturated carbocycles. The number of amides is 2. The summed E-state index contributed by atoms with van der Waals surface area (Å²) in [5.74, 6) is 0.774. The number of ether oxygens (including phenoxy) is 2. The highest BCUT2D eigenvalue weighted by Crippen LogP contribution is 2.38. The van der Waals surface area contributed by atoms with Gasteiger partial charge in [0.2, 0.25) is 0 Å². The monoisotopic (exact) mass is 436 g/mol. The summed E-state index contributed by atoms with van der Waals surface area (Å²) in [7, 11) is -1.35. The Kier molecular flexibility index (Phi) is 8.37. The van der Waals surface area contributed by atoms with Gasteiger partial charge in [0.05, 0.1) is 0 Å². The molecule has 28 heavy (non-hydrogen) atoms. The molecule has 2 atom stereocenters. The minimum absolute atomic E-state index is 0.373. The van der Waals surface area contributed by atoms with Gasteiger partial charge in [-0.25, -0.2) is 20.0 Å². The van der Waals surface area contributed by atoms with Gasteiger partial charge in [-0.3, -0.25) is 9.00 Å². The van der Waals surface area contributed by atoms with Crippen molar-refractivity contribution in [1.82, 2.24) is 10.4 Å². The van der Waals surface area contributed by atoms with Crippen LogP contribution in [0.2, 0.25) is 0 Å². The Morgan fingerprint density at radius 1 is 1.11 bits per heavy atom. The molecule has 1 rings (SSSR count). The lowest BCUT2D eigenvalue weighted by Gasteiger charge is -2.35. The van der Waals surface area contributed by atoms with Gasteiger partial charge in [-0.05, 0) is 60.1 Å². The predicted octanol–water partition coefficient (Wildman–Crippen LogP) is 3.22. The number of ketones is 1. The Morgan fingerprint density at radius 2 is 1.68 bits per heavy atom. The quantitative estimate of drug-likeness (QED) is 0.675. The van der Waals surface area contributed by atoms with Gasteiger partial charge in [-0.1, -0.05) is 6.92 Å². The van der Waals surface area contributed by atoms with Gasteiger partial charge < -0.3 is 9.47 Å². The molecule has 1 heterocycles. The van der Waals surface area contributed by atoms with Crippen LogP contribution in [-0.4, -0.2) is 60.5 Å². The van der Waals surface area contributed by atoms with Gasteiger partial charge in [-0.15, -0.1) is 11.8 Å². The maximum atomic E-state index is 13.1. The third-order valence-corrected chi connectivity index (χ3v) is 7.91. The Balaban J connectivity index is 3.03. The second-order valence-corrected chi connectivity index (χ2v) is 11.9. The van der Waals surface area contributed by atoms with Crippen molar-refractivity contribution in [1.29, 1.82) is 0 Å². The van der Waals surface area contributed by atoms with Crippen LogP contribution < -0.4 is 5.43 Å². The summed E-state index contributed by atoms with van der Waals surface area (Å²) in [5, 5.41) is 0.797. The molecule has 8 nitrogen and oxygen atoms in total. The molecule has 1 unspecified atom stereocenters. The molecule has 1 aliphatic rings. The van der Waals surface area contributed by atoms with Gasteiger partial charge >= 0.3 is 12.2 Å². The fourth-order valence-corrected chi connectivity index (χ4v) is 6.10. The highest BCUT2D eigenvalue weighted by molar-refractivity contribution is 8.14. The number of rotatable bonds is 4. The highest BCUT2D eigenvalue weighted by atomic mass is 32.2. The van der Waals surface area contributed by atoms with Crippen molar-refractivity contribution in [2.75, 3.05) is 18.1 Å². The van der Waals surface area contributed by atoms with Crippen LogP contribution in [-0.2, 0) is 25.1 Å². The fraction of sp³-hybridized carbons (Fsp3) is 0.833. The number of hydrogen-bond donors (Lipinski definition) is 1. The van der Waals surface area contributed by atoms with E-state index in [-0.39, 0.29) is 5.78 Å². The third-order valence-electron chi connectivity index (χ3n) is 3.61. The maximum Gasteiger partial charge on any atom is 0.429 e. The minimum atomic E-state index is -1.35. The van der Waals surface area contributed by atoms with Gasteiger partial charge in [-0.2, -0.15) is 0 Å². The summed E-state index contributed by atoms with van der Waals surface area (Å²) in [4.78, 5) is 37.8. The summed E-state index contributed by atoms with van der Waals surface area (Å²) < 4.78 is 22.0. The van der Waals surface area contributed by atoms with E-state index >= 15 is 0 Å². The molecular weight excluding hydrogens is 404 g/mol. The Morgan fingerprint density at radius 3 is 2.14 bits per heavy atom. The van der Waals surface area contributed by atoms with Crippen LogP contribution in [0.15, 0.2) is 0 Å². The van der Waals surface area contributed by atoms with Gasteiger partial charge in [0, 0.05) is 16.6 Å². The average Bonchev–Trinajstić information content (AvgIpc) is 2.51. The van der Waals surface area contributed by atoms with Crippen molar-refractivity contribution in [2.45, 2.75) is 76.6 Å². The molecule has 0 aromatic heterocycles. The SMILES string of the molecule is CC[C@]1(C(=O)CN(NC(=O)OC(C)(C)C)C(=O)OC(C)(C)C)SCCCS1=O. The molecule has 1 fully saturated rings. The number of carbonyl (C=O) groups excluding carboxylic acids is 3. The van der Waals surface area contributed by atoms with Crippen molar-refractivity contribution in [3.05, 3.63) is 0 Å². The topological polar surface area (TPSA) is 102 Å². The third kappa shape index (κ3) is 7.27. The fourth-order valence-electron chi connectivity index (χ4n) is 2.47. The molecule has 0 aliphatic carbocycles. The molecule has 2 amide bonds. The molecule has 1 saturated heterocycles. The van der Waals surface area contributed by atoms with Crippen LogP contribution in [0.4, 0.5) is 9.59 Å². The zero-order valence-corrected chi connectivity index (χ0v) is 19.4. The zero-order valence-electron chi connectivity index (χ0n) is 17.7. The van der Waals surface area contributed by atoms with E-state index in [1.807, 2.05) is 0 Å². The number of hydrazine groups is 1. The maximum absolute atomic E-state index is 13.1. The first kappa shape index (κ1) is 24.7. The number of Topliss-reactive ketones (excluding diaryl/α,β-unsaturated/α-hetero) is 1. The smallest absolute Gasteiger partial charge is 0.429 e. The number of nitrogens with one attached hydrogen (secondary N) is 1. The second-order valence-electron chi connectivity index (χ2n) is 8.46. The van der Waals surface area contributed by atoms with E-state index in [1.165, 1.54) is 11.8 Å². The molecule has 0 spiro atoms. The van der Waals surface area contributed by atoms with Crippen LogP contribution >= 0.6 is 11.8 Å². The normalized spacial score (nSPS) is 22.9. The molecule has 0 bridgehead atoms. The number of hydrogen-bond acceptors (Lipinski definition) is 7. The number of carbonyl (C=O) groups is 3. The van der Waals surface area contributed by atoms with Crippen LogP contribution in [0.1, 0.15) is 61.3 Å². The molecule has 10 heteroatoms. The lowest BCUT2D eigenvalue weighted by molar-refractivity contribution is -0.121. The molecule has 1 N–H and O–H groups in total. The lowest BCUT2D eigenvalue weighted by Crippen LogP contribution is -2.55. The molecule has 162 valence electrons. The molecular formula is C18H32N2O6S2. The van der Waals surface area contributed by atoms with E-state index in [1.54, 1.807) is 48.5 Å². The molecule has 0 aromatic carbocycles. The summed E-state index contributed by atoms with van der Waals surface area (Å²) >= 11 is 1.35. The summed E-state index contributed by atoms with van der Waals surface area (Å²) in [6.45, 7) is 11.4. The molecule has 0 aromatic rings. The van der Waals surface area contributed by atoms with E-state index in [0.29, 0.717) is 12.2 Å².